The van der Waals surface area contributed by atoms with E-state index in [9.17, 15) is 0 Å². The van der Waals surface area contributed by atoms with Crippen LogP contribution in [0, 0.1) is 6.92 Å². The first-order chi connectivity index (χ1) is 7.84. The molecule has 0 spiro atoms. The zero-order valence-electron chi connectivity index (χ0n) is 9.18. The lowest BCUT2D eigenvalue weighted by Crippen LogP contribution is -2.35. The van der Waals surface area contributed by atoms with Crippen LogP contribution in [0.3, 0.4) is 0 Å². The van der Waals surface area contributed by atoms with Gasteiger partial charge < -0.3 is 10.1 Å². The molecule has 2 aromatic rings. The Balaban J connectivity index is 2.01. The SMILES string of the molecule is Cc1cccc2nc(C3COCCN3)nn12. The van der Waals surface area contributed by atoms with Crippen molar-refractivity contribution in [3.63, 3.8) is 0 Å². The summed E-state index contributed by atoms with van der Waals surface area (Å²) in [5.74, 6) is 0.814. The Bertz CT molecular complexity index is 502. The van der Waals surface area contributed by atoms with Crippen LogP contribution < -0.4 is 5.32 Å². The second-order valence-electron chi connectivity index (χ2n) is 3.99. The second-order valence-corrected chi connectivity index (χ2v) is 3.99. The molecule has 0 amide bonds. The van der Waals surface area contributed by atoms with Crippen LogP contribution in [0.4, 0.5) is 0 Å². The fourth-order valence-electron chi connectivity index (χ4n) is 1.93. The van der Waals surface area contributed by atoms with Crippen LogP contribution >= 0.6 is 0 Å². The first kappa shape index (κ1) is 9.74. The lowest BCUT2D eigenvalue weighted by molar-refractivity contribution is 0.0743. The maximum atomic E-state index is 5.41. The zero-order valence-corrected chi connectivity index (χ0v) is 9.18. The van der Waals surface area contributed by atoms with Gasteiger partial charge in [0.25, 0.3) is 0 Å². The number of hydrogen-bond acceptors (Lipinski definition) is 4. The maximum Gasteiger partial charge on any atom is 0.170 e. The van der Waals surface area contributed by atoms with Gasteiger partial charge in [0.15, 0.2) is 11.5 Å². The van der Waals surface area contributed by atoms with Gasteiger partial charge in [-0.2, -0.15) is 0 Å². The van der Waals surface area contributed by atoms with Crippen molar-refractivity contribution in [2.24, 2.45) is 0 Å². The van der Waals surface area contributed by atoms with Crippen LogP contribution in [0.15, 0.2) is 18.2 Å². The molecular weight excluding hydrogens is 204 g/mol. The van der Waals surface area contributed by atoms with Gasteiger partial charge in [0.1, 0.15) is 0 Å². The minimum atomic E-state index is 0.119. The van der Waals surface area contributed by atoms with Crippen molar-refractivity contribution in [2.75, 3.05) is 19.8 Å². The first-order valence-electron chi connectivity index (χ1n) is 5.48. The van der Waals surface area contributed by atoms with Crippen LogP contribution in [-0.2, 0) is 4.74 Å². The van der Waals surface area contributed by atoms with Gasteiger partial charge in [-0.3, -0.25) is 0 Å². The average Bonchev–Trinajstić information content (AvgIpc) is 2.76. The molecular formula is C11H14N4O. The molecule has 0 bridgehead atoms. The van der Waals surface area contributed by atoms with E-state index in [0.29, 0.717) is 6.61 Å². The van der Waals surface area contributed by atoms with Gasteiger partial charge in [0.05, 0.1) is 19.3 Å². The lowest BCUT2D eigenvalue weighted by atomic mass is 10.3. The van der Waals surface area contributed by atoms with Crippen LogP contribution in [0.25, 0.3) is 5.65 Å². The van der Waals surface area contributed by atoms with Gasteiger partial charge in [-0.15, -0.1) is 5.10 Å². The number of ether oxygens (including phenoxy) is 1. The zero-order chi connectivity index (χ0) is 11.0. The van der Waals surface area contributed by atoms with Crippen molar-refractivity contribution in [1.29, 1.82) is 0 Å². The molecule has 3 heterocycles. The summed E-state index contributed by atoms with van der Waals surface area (Å²) < 4.78 is 7.28. The van der Waals surface area contributed by atoms with E-state index < -0.39 is 0 Å². The number of pyridine rings is 1. The Kier molecular flexibility index (Phi) is 2.34. The van der Waals surface area contributed by atoms with E-state index in [2.05, 4.69) is 15.4 Å². The summed E-state index contributed by atoms with van der Waals surface area (Å²) in [5, 5.41) is 7.85. The van der Waals surface area contributed by atoms with Crippen molar-refractivity contribution in [3.05, 3.63) is 29.7 Å². The fourth-order valence-corrected chi connectivity index (χ4v) is 1.93. The Morgan fingerprint density at radius 2 is 2.44 bits per heavy atom. The van der Waals surface area contributed by atoms with Gasteiger partial charge in [-0.05, 0) is 19.1 Å². The number of hydrogen-bond donors (Lipinski definition) is 1. The molecule has 5 heteroatoms. The number of aryl methyl sites for hydroxylation is 1. The predicted molar refractivity (Wildman–Crippen MR) is 59.3 cm³/mol. The van der Waals surface area contributed by atoms with Gasteiger partial charge in [-0.25, -0.2) is 9.50 Å². The lowest BCUT2D eigenvalue weighted by Gasteiger charge is -2.20. The molecule has 1 aliphatic rings. The maximum absolute atomic E-state index is 5.41. The monoisotopic (exact) mass is 218 g/mol. The predicted octanol–water partition coefficient (Wildman–Crippen LogP) is 0.699. The number of aromatic nitrogens is 3. The molecule has 0 saturated carbocycles. The van der Waals surface area contributed by atoms with Crippen molar-refractivity contribution < 1.29 is 4.74 Å². The van der Waals surface area contributed by atoms with Crippen LogP contribution in [0.5, 0.6) is 0 Å². The molecule has 1 fully saturated rings. The minimum Gasteiger partial charge on any atom is -0.378 e. The molecule has 1 saturated heterocycles. The summed E-state index contributed by atoms with van der Waals surface area (Å²) in [6.45, 7) is 4.30. The number of fused-ring (bicyclic) bond motifs is 1. The molecule has 0 aliphatic carbocycles. The van der Waals surface area contributed by atoms with Crippen LogP contribution in [0.1, 0.15) is 17.6 Å². The van der Waals surface area contributed by atoms with E-state index in [1.807, 2.05) is 29.6 Å². The molecule has 1 unspecified atom stereocenters. The van der Waals surface area contributed by atoms with Gasteiger partial charge >= 0.3 is 0 Å². The molecule has 1 atom stereocenters. The Hall–Kier alpha value is -1.46. The molecule has 2 aromatic heterocycles. The Labute approximate surface area is 93.4 Å². The quantitative estimate of drug-likeness (QED) is 0.765. The molecule has 3 rings (SSSR count). The standard InChI is InChI=1S/C11H14N4O/c1-8-3-2-4-10-13-11(14-15(8)10)9-7-16-6-5-12-9/h2-4,9,12H,5-7H2,1H3. The van der Waals surface area contributed by atoms with Gasteiger partial charge in [-0.1, -0.05) is 6.07 Å². The Morgan fingerprint density at radius 3 is 3.19 bits per heavy atom. The van der Waals surface area contributed by atoms with Crippen molar-refractivity contribution in [2.45, 2.75) is 13.0 Å². The molecule has 1 aliphatic heterocycles. The minimum absolute atomic E-state index is 0.119. The van der Waals surface area contributed by atoms with E-state index in [4.69, 9.17) is 4.74 Å². The molecule has 5 nitrogen and oxygen atoms in total. The molecule has 16 heavy (non-hydrogen) atoms. The van der Waals surface area contributed by atoms with Crippen molar-refractivity contribution >= 4 is 5.65 Å². The average molecular weight is 218 g/mol. The summed E-state index contributed by atoms with van der Waals surface area (Å²) in [4.78, 5) is 4.51. The van der Waals surface area contributed by atoms with E-state index >= 15 is 0 Å². The van der Waals surface area contributed by atoms with Crippen LogP contribution in [-0.4, -0.2) is 34.4 Å². The molecule has 0 aromatic carbocycles. The summed E-state index contributed by atoms with van der Waals surface area (Å²) in [6, 6.07) is 6.10. The summed E-state index contributed by atoms with van der Waals surface area (Å²) in [7, 11) is 0. The number of morpholine rings is 1. The van der Waals surface area contributed by atoms with E-state index in [1.165, 1.54) is 0 Å². The van der Waals surface area contributed by atoms with Gasteiger partial charge in [0.2, 0.25) is 0 Å². The van der Waals surface area contributed by atoms with Crippen molar-refractivity contribution in [1.82, 2.24) is 19.9 Å². The molecule has 84 valence electrons. The summed E-state index contributed by atoms with van der Waals surface area (Å²) >= 11 is 0. The third-order valence-corrected chi connectivity index (χ3v) is 2.80. The number of nitrogens with zero attached hydrogens (tertiary/aromatic N) is 3. The van der Waals surface area contributed by atoms with Crippen LogP contribution in [0.2, 0.25) is 0 Å². The highest BCUT2D eigenvalue weighted by molar-refractivity contribution is 5.38. The highest BCUT2D eigenvalue weighted by atomic mass is 16.5. The van der Waals surface area contributed by atoms with E-state index in [1.54, 1.807) is 0 Å². The third kappa shape index (κ3) is 1.58. The molecule has 0 radical (unpaired) electrons. The normalized spacial score (nSPS) is 21.4. The van der Waals surface area contributed by atoms with E-state index in [-0.39, 0.29) is 6.04 Å². The molecule has 1 N–H and O–H groups in total. The smallest absolute Gasteiger partial charge is 0.170 e. The first-order valence-corrected chi connectivity index (χ1v) is 5.48. The number of rotatable bonds is 1. The van der Waals surface area contributed by atoms with Gasteiger partial charge in [0, 0.05) is 12.2 Å². The van der Waals surface area contributed by atoms with E-state index in [0.717, 1.165) is 30.3 Å². The highest BCUT2D eigenvalue weighted by Crippen LogP contribution is 2.13. The number of nitrogens with one attached hydrogen (secondary N) is 1. The summed E-state index contributed by atoms with van der Waals surface area (Å²) in [5.41, 5.74) is 1.98. The Morgan fingerprint density at radius 1 is 1.50 bits per heavy atom. The largest absolute Gasteiger partial charge is 0.378 e. The third-order valence-electron chi connectivity index (χ3n) is 2.80. The topological polar surface area (TPSA) is 51.5 Å². The highest BCUT2D eigenvalue weighted by Gasteiger charge is 2.19. The second kappa shape index (κ2) is 3.84. The fraction of sp³-hybridized carbons (Fsp3) is 0.455. The summed E-state index contributed by atoms with van der Waals surface area (Å²) in [6.07, 6.45) is 0. The van der Waals surface area contributed by atoms with Crippen molar-refractivity contribution in [3.8, 4) is 0 Å².